The Kier molecular flexibility index (Phi) is 7.06. The number of anilines is 1. The Morgan fingerprint density at radius 1 is 1.00 bits per heavy atom. The average molecular weight is 410 g/mol. The summed E-state index contributed by atoms with van der Waals surface area (Å²) in [6.07, 6.45) is 0.0635. The van der Waals surface area contributed by atoms with Crippen LogP contribution in [0.2, 0.25) is 0 Å². The van der Waals surface area contributed by atoms with E-state index in [1.807, 2.05) is 54.6 Å². The number of benzene rings is 2. The largest absolute Gasteiger partial charge is 0.454 e. The van der Waals surface area contributed by atoms with Crippen LogP contribution >= 0.6 is 0 Å². The van der Waals surface area contributed by atoms with E-state index in [4.69, 9.17) is 9.47 Å². The number of para-hydroxylation sites is 1. The van der Waals surface area contributed by atoms with Gasteiger partial charge in [-0.2, -0.15) is 0 Å². The van der Waals surface area contributed by atoms with Crippen molar-refractivity contribution < 1.29 is 23.9 Å². The lowest BCUT2D eigenvalue weighted by atomic mass is 10.1. The molecule has 1 atom stereocenters. The van der Waals surface area contributed by atoms with E-state index >= 15 is 0 Å². The van der Waals surface area contributed by atoms with Gasteiger partial charge in [-0.25, -0.2) is 9.59 Å². The minimum atomic E-state index is -0.910. The summed E-state index contributed by atoms with van der Waals surface area (Å²) in [7, 11) is 0. The Bertz CT molecular complexity index is 897. The molecule has 2 aromatic rings. The molecule has 30 heavy (non-hydrogen) atoms. The summed E-state index contributed by atoms with van der Waals surface area (Å²) in [5.41, 5.74) is 2.79. The first-order valence-corrected chi connectivity index (χ1v) is 9.98. The van der Waals surface area contributed by atoms with Crippen molar-refractivity contribution in [3.63, 3.8) is 0 Å². The minimum Gasteiger partial charge on any atom is -0.454 e. The lowest BCUT2D eigenvalue weighted by molar-refractivity contribution is -0.150. The van der Waals surface area contributed by atoms with Crippen LogP contribution in [0.4, 0.5) is 10.5 Å². The fourth-order valence-corrected chi connectivity index (χ4v) is 3.29. The molecule has 1 aliphatic rings. The summed E-state index contributed by atoms with van der Waals surface area (Å²) in [4.78, 5) is 38.7. The summed E-state index contributed by atoms with van der Waals surface area (Å²) < 4.78 is 10.4. The van der Waals surface area contributed by atoms with E-state index in [-0.39, 0.29) is 25.0 Å². The molecule has 1 aliphatic heterocycles. The number of fused-ring (bicyclic) bond motifs is 1. The highest BCUT2D eigenvalue weighted by molar-refractivity contribution is 5.97. The molecule has 7 heteroatoms. The first-order valence-electron chi connectivity index (χ1n) is 9.98. The maximum Gasteiger partial charge on any atom is 0.408 e. The molecular weight excluding hydrogens is 384 g/mol. The molecule has 0 bridgehead atoms. The third-order valence-electron chi connectivity index (χ3n) is 4.93. The van der Waals surface area contributed by atoms with E-state index < -0.39 is 18.1 Å². The van der Waals surface area contributed by atoms with Crippen LogP contribution < -0.4 is 10.2 Å². The molecule has 0 aromatic heterocycles. The van der Waals surface area contributed by atoms with Crippen molar-refractivity contribution in [2.24, 2.45) is 5.92 Å². The van der Waals surface area contributed by atoms with Gasteiger partial charge in [0.05, 0.1) is 0 Å². The van der Waals surface area contributed by atoms with Crippen molar-refractivity contribution >= 4 is 23.7 Å². The van der Waals surface area contributed by atoms with Gasteiger partial charge in [0.25, 0.3) is 5.91 Å². The third kappa shape index (κ3) is 5.37. The molecule has 0 saturated carbocycles. The van der Waals surface area contributed by atoms with E-state index in [1.165, 1.54) is 0 Å². The Hall–Kier alpha value is -3.35. The summed E-state index contributed by atoms with van der Waals surface area (Å²) in [6.45, 7) is 3.84. The van der Waals surface area contributed by atoms with Crippen LogP contribution in [0.25, 0.3) is 0 Å². The molecule has 0 radical (unpaired) electrons. The second-order valence-corrected chi connectivity index (χ2v) is 7.46. The highest BCUT2D eigenvalue weighted by Crippen LogP contribution is 2.27. The Labute approximate surface area is 176 Å². The van der Waals surface area contributed by atoms with Crippen molar-refractivity contribution in [1.29, 1.82) is 0 Å². The predicted molar refractivity (Wildman–Crippen MR) is 112 cm³/mol. The van der Waals surface area contributed by atoms with Crippen LogP contribution in [0.1, 0.15) is 25.0 Å². The fourth-order valence-electron chi connectivity index (χ4n) is 3.29. The van der Waals surface area contributed by atoms with Crippen molar-refractivity contribution in [1.82, 2.24) is 5.32 Å². The smallest absolute Gasteiger partial charge is 0.408 e. The summed E-state index contributed by atoms with van der Waals surface area (Å²) >= 11 is 0. The highest BCUT2D eigenvalue weighted by Gasteiger charge is 2.29. The molecule has 1 heterocycles. The zero-order valence-corrected chi connectivity index (χ0v) is 17.2. The average Bonchev–Trinajstić information content (AvgIpc) is 3.19. The van der Waals surface area contributed by atoms with E-state index in [2.05, 4.69) is 5.32 Å². The summed E-state index contributed by atoms with van der Waals surface area (Å²) in [5.74, 6) is -1.19. The Morgan fingerprint density at radius 2 is 1.70 bits per heavy atom. The number of nitrogens with one attached hydrogen (secondary N) is 1. The third-order valence-corrected chi connectivity index (χ3v) is 4.93. The van der Waals surface area contributed by atoms with Crippen molar-refractivity contribution in [3.8, 4) is 0 Å². The predicted octanol–water partition coefficient (Wildman–Crippen LogP) is 3.07. The minimum absolute atomic E-state index is 0.0966. The first kappa shape index (κ1) is 21.4. The molecule has 1 N–H and O–H groups in total. The van der Waals surface area contributed by atoms with E-state index in [9.17, 15) is 14.4 Å². The topological polar surface area (TPSA) is 84.9 Å². The van der Waals surface area contributed by atoms with Gasteiger partial charge < -0.3 is 19.7 Å². The van der Waals surface area contributed by atoms with Gasteiger partial charge in [-0.3, -0.25) is 4.79 Å². The second-order valence-electron chi connectivity index (χ2n) is 7.46. The number of amides is 2. The van der Waals surface area contributed by atoms with Crippen molar-refractivity contribution in [3.05, 3.63) is 65.7 Å². The number of nitrogens with zero attached hydrogens (tertiary/aromatic N) is 1. The molecule has 7 nitrogen and oxygen atoms in total. The van der Waals surface area contributed by atoms with Gasteiger partial charge in [0.2, 0.25) is 0 Å². The number of rotatable bonds is 7. The lowest BCUT2D eigenvalue weighted by Crippen LogP contribution is -2.46. The normalized spacial score (nSPS) is 13.5. The molecule has 0 spiro atoms. The van der Waals surface area contributed by atoms with Gasteiger partial charge in [0, 0.05) is 12.2 Å². The number of carbonyl (C=O) groups excluding carboxylic acids is 3. The number of carbonyl (C=O) groups is 3. The van der Waals surface area contributed by atoms with Gasteiger partial charge in [-0.1, -0.05) is 62.4 Å². The number of hydrogen-bond donors (Lipinski definition) is 1. The number of hydrogen-bond acceptors (Lipinski definition) is 5. The standard InChI is InChI=1S/C23H26N2O5/c1-16(2)21(24-23(28)30-14-17-8-4-3-5-9-17)22(27)29-15-20(26)25-13-12-18-10-6-7-11-19(18)25/h3-11,16,21H,12-15H2,1-2H3,(H,24,28). The van der Waals surface area contributed by atoms with Crippen LogP contribution in [0, 0.1) is 5.92 Å². The molecule has 0 fully saturated rings. The quantitative estimate of drug-likeness (QED) is 0.709. The molecule has 2 aromatic carbocycles. The number of alkyl carbamates (subject to hydrolysis) is 1. The maximum atomic E-state index is 12.5. The molecule has 2 amide bonds. The maximum absolute atomic E-state index is 12.5. The van der Waals surface area contributed by atoms with E-state index in [1.54, 1.807) is 18.7 Å². The van der Waals surface area contributed by atoms with Gasteiger partial charge >= 0.3 is 12.1 Å². The first-order chi connectivity index (χ1) is 14.5. The molecule has 0 saturated heterocycles. The number of ether oxygens (including phenoxy) is 2. The van der Waals surface area contributed by atoms with E-state index in [0.717, 1.165) is 23.2 Å². The van der Waals surface area contributed by atoms with Gasteiger partial charge in [0.15, 0.2) is 6.61 Å². The van der Waals surface area contributed by atoms with Crippen LogP contribution in [-0.2, 0) is 32.1 Å². The zero-order valence-electron chi connectivity index (χ0n) is 17.2. The molecule has 1 unspecified atom stereocenters. The molecule has 3 rings (SSSR count). The molecule has 0 aliphatic carbocycles. The van der Waals surface area contributed by atoms with Crippen LogP contribution in [-0.4, -0.2) is 37.2 Å². The van der Waals surface area contributed by atoms with Crippen LogP contribution in [0.3, 0.4) is 0 Å². The Balaban J connectivity index is 1.50. The van der Waals surface area contributed by atoms with Crippen molar-refractivity contribution in [2.75, 3.05) is 18.1 Å². The zero-order chi connectivity index (χ0) is 21.5. The lowest BCUT2D eigenvalue weighted by Gasteiger charge is -2.22. The molecule has 158 valence electrons. The Morgan fingerprint density at radius 3 is 2.43 bits per heavy atom. The number of esters is 1. The van der Waals surface area contributed by atoms with Crippen LogP contribution in [0.5, 0.6) is 0 Å². The summed E-state index contributed by atoms with van der Waals surface area (Å²) in [6, 6.07) is 16.0. The fraction of sp³-hybridized carbons (Fsp3) is 0.348. The van der Waals surface area contributed by atoms with Gasteiger partial charge in [-0.15, -0.1) is 0 Å². The van der Waals surface area contributed by atoms with Crippen molar-refractivity contribution in [2.45, 2.75) is 32.9 Å². The van der Waals surface area contributed by atoms with Gasteiger partial charge in [0.1, 0.15) is 12.6 Å². The monoisotopic (exact) mass is 410 g/mol. The summed E-state index contributed by atoms with van der Waals surface area (Å²) in [5, 5.41) is 2.53. The SMILES string of the molecule is CC(C)C(NC(=O)OCc1ccccc1)C(=O)OCC(=O)N1CCc2ccccc21. The molecular formula is C23H26N2O5. The van der Waals surface area contributed by atoms with Gasteiger partial charge in [-0.05, 0) is 29.5 Å². The second kappa shape index (κ2) is 9.91. The van der Waals surface area contributed by atoms with Crippen LogP contribution in [0.15, 0.2) is 54.6 Å². The highest BCUT2D eigenvalue weighted by atomic mass is 16.6. The van der Waals surface area contributed by atoms with E-state index in [0.29, 0.717) is 6.54 Å².